The van der Waals surface area contributed by atoms with Gasteiger partial charge in [-0.1, -0.05) is 13.0 Å². The van der Waals surface area contributed by atoms with E-state index in [1.165, 1.54) is 11.3 Å². The normalized spacial score (nSPS) is 22.5. The van der Waals surface area contributed by atoms with Crippen LogP contribution in [0.5, 0.6) is 0 Å². The molecule has 1 fully saturated rings. The van der Waals surface area contributed by atoms with E-state index >= 15 is 0 Å². The number of morpholine rings is 1. The maximum Gasteiger partial charge on any atom is 0.154 e. The van der Waals surface area contributed by atoms with Crippen molar-refractivity contribution in [2.24, 2.45) is 5.92 Å². The van der Waals surface area contributed by atoms with Gasteiger partial charge in [-0.15, -0.1) is 0 Å². The van der Waals surface area contributed by atoms with Crippen LogP contribution in [0, 0.1) is 5.92 Å². The molecule has 0 radical (unpaired) electrons. The maximum absolute atomic E-state index is 5.79. The van der Waals surface area contributed by atoms with E-state index in [2.05, 4.69) is 58.7 Å². The minimum Gasteiger partial charge on any atom is -0.381 e. The van der Waals surface area contributed by atoms with Crippen molar-refractivity contribution in [3.8, 4) is 0 Å². The molecule has 148 valence electrons. The Morgan fingerprint density at radius 3 is 2.86 bits per heavy atom. The SMILES string of the molecule is CC1CC(c2cc3nccnc3c(NC[C@@H]3CNCCO3)n2)=CC=C1N(C)C. The number of allylic oxidation sites excluding steroid dienone is 4. The quantitative estimate of drug-likeness (QED) is 0.824. The largest absolute Gasteiger partial charge is 0.381 e. The third-order valence-electron chi connectivity index (χ3n) is 5.29. The third kappa shape index (κ3) is 4.00. The molecule has 7 heteroatoms. The van der Waals surface area contributed by atoms with Crippen LogP contribution in [0.1, 0.15) is 19.0 Å². The molecule has 1 saturated heterocycles. The van der Waals surface area contributed by atoms with Crippen LogP contribution in [0.4, 0.5) is 5.82 Å². The third-order valence-corrected chi connectivity index (χ3v) is 5.29. The van der Waals surface area contributed by atoms with Gasteiger partial charge in [0.1, 0.15) is 5.52 Å². The first-order valence-electron chi connectivity index (χ1n) is 9.88. The molecule has 2 aromatic rings. The van der Waals surface area contributed by atoms with Crippen LogP contribution in [0.25, 0.3) is 16.6 Å². The molecule has 7 nitrogen and oxygen atoms in total. The first kappa shape index (κ1) is 18.8. The summed E-state index contributed by atoms with van der Waals surface area (Å²) in [6.07, 6.45) is 8.90. The minimum atomic E-state index is 0.130. The number of pyridine rings is 1. The van der Waals surface area contributed by atoms with Gasteiger partial charge in [0, 0.05) is 57.7 Å². The Balaban J connectivity index is 1.64. The highest BCUT2D eigenvalue weighted by Crippen LogP contribution is 2.33. The monoisotopic (exact) mass is 380 g/mol. The second kappa shape index (κ2) is 8.24. The van der Waals surface area contributed by atoms with Gasteiger partial charge in [-0.05, 0) is 24.1 Å². The molecule has 3 heterocycles. The number of nitrogens with zero attached hydrogens (tertiary/aromatic N) is 4. The van der Waals surface area contributed by atoms with Crippen molar-refractivity contribution in [3.63, 3.8) is 0 Å². The van der Waals surface area contributed by atoms with Crippen molar-refractivity contribution >= 4 is 22.4 Å². The molecule has 0 aromatic carbocycles. The number of aromatic nitrogens is 3. The van der Waals surface area contributed by atoms with Gasteiger partial charge in [0.2, 0.25) is 0 Å². The predicted octanol–water partition coefficient (Wildman–Crippen LogP) is 2.29. The van der Waals surface area contributed by atoms with E-state index in [1.807, 2.05) is 6.07 Å². The average Bonchev–Trinajstić information content (AvgIpc) is 2.72. The lowest BCUT2D eigenvalue weighted by atomic mass is 9.90. The molecule has 2 atom stereocenters. The fraction of sp³-hybridized carbons (Fsp3) is 0.476. The molecule has 1 unspecified atom stereocenters. The molecule has 28 heavy (non-hydrogen) atoms. The molecule has 2 aliphatic rings. The van der Waals surface area contributed by atoms with Gasteiger partial charge in [-0.25, -0.2) is 9.97 Å². The van der Waals surface area contributed by atoms with Gasteiger partial charge in [0.15, 0.2) is 5.82 Å². The van der Waals surface area contributed by atoms with Gasteiger partial charge in [-0.2, -0.15) is 0 Å². The second-order valence-corrected chi connectivity index (χ2v) is 7.64. The number of rotatable bonds is 5. The van der Waals surface area contributed by atoms with Crippen LogP contribution < -0.4 is 10.6 Å². The van der Waals surface area contributed by atoms with Gasteiger partial charge in [0.05, 0.1) is 23.9 Å². The summed E-state index contributed by atoms with van der Waals surface area (Å²) in [6, 6.07) is 2.04. The lowest BCUT2D eigenvalue weighted by Crippen LogP contribution is -2.42. The van der Waals surface area contributed by atoms with Crippen LogP contribution in [-0.4, -0.2) is 66.3 Å². The summed E-state index contributed by atoms with van der Waals surface area (Å²) < 4.78 is 5.79. The van der Waals surface area contributed by atoms with E-state index in [0.29, 0.717) is 12.5 Å². The summed E-state index contributed by atoms with van der Waals surface area (Å²) in [5, 5.41) is 6.80. The molecular formula is C21H28N6O. The highest BCUT2D eigenvalue weighted by Gasteiger charge is 2.20. The molecule has 0 saturated carbocycles. The highest BCUT2D eigenvalue weighted by atomic mass is 16.5. The van der Waals surface area contributed by atoms with Crippen molar-refractivity contribution < 1.29 is 4.74 Å². The Morgan fingerprint density at radius 1 is 1.25 bits per heavy atom. The molecule has 1 aliphatic carbocycles. The molecule has 1 aliphatic heterocycles. The zero-order valence-corrected chi connectivity index (χ0v) is 16.8. The number of ether oxygens (including phenoxy) is 1. The average molecular weight is 380 g/mol. The Kier molecular flexibility index (Phi) is 5.54. The second-order valence-electron chi connectivity index (χ2n) is 7.64. The van der Waals surface area contributed by atoms with Gasteiger partial charge in [-0.3, -0.25) is 4.98 Å². The van der Waals surface area contributed by atoms with Gasteiger partial charge < -0.3 is 20.3 Å². The zero-order chi connectivity index (χ0) is 19.5. The molecule has 0 bridgehead atoms. The summed E-state index contributed by atoms with van der Waals surface area (Å²) in [6.45, 7) is 5.44. The first-order valence-corrected chi connectivity index (χ1v) is 9.88. The van der Waals surface area contributed by atoms with E-state index in [0.717, 1.165) is 48.7 Å². The van der Waals surface area contributed by atoms with Crippen LogP contribution >= 0.6 is 0 Å². The number of hydrogen-bond acceptors (Lipinski definition) is 7. The van der Waals surface area contributed by atoms with E-state index in [9.17, 15) is 0 Å². The summed E-state index contributed by atoms with van der Waals surface area (Å²) in [4.78, 5) is 16.1. The van der Waals surface area contributed by atoms with Crippen molar-refractivity contribution in [1.29, 1.82) is 0 Å². The Labute approximate surface area is 165 Å². The molecule has 2 N–H and O–H groups in total. The molecule has 2 aromatic heterocycles. The topological polar surface area (TPSA) is 75.2 Å². The van der Waals surface area contributed by atoms with Crippen LogP contribution in [0.3, 0.4) is 0 Å². The van der Waals surface area contributed by atoms with E-state index in [1.54, 1.807) is 12.4 Å². The highest BCUT2D eigenvalue weighted by molar-refractivity contribution is 5.88. The molecule has 0 spiro atoms. The van der Waals surface area contributed by atoms with Crippen LogP contribution in [0.2, 0.25) is 0 Å². The fourth-order valence-corrected chi connectivity index (χ4v) is 3.85. The maximum atomic E-state index is 5.79. The summed E-state index contributed by atoms with van der Waals surface area (Å²) >= 11 is 0. The molecular weight excluding hydrogens is 352 g/mol. The van der Waals surface area contributed by atoms with Crippen LogP contribution in [-0.2, 0) is 4.74 Å². The lowest BCUT2D eigenvalue weighted by molar-refractivity contribution is 0.0372. The number of fused-ring (bicyclic) bond motifs is 1. The van der Waals surface area contributed by atoms with E-state index in [-0.39, 0.29) is 6.10 Å². The Hall–Kier alpha value is -2.51. The number of hydrogen-bond donors (Lipinski definition) is 2. The molecule has 0 amide bonds. The van der Waals surface area contributed by atoms with E-state index in [4.69, 9.17) is 9.72 Å². The summed E-state index contributed by atoms with van der Waals surface area (Å²) in [5.74, 6) is 1.22. The molecule has 4 rings (SSSR count). The number of anilines is 1. The Bertz CT molecular complexity index is 901. The first-order chi connectivity index (χ1) is 13.6. The zero-order valence-electron chi connectivity index (χ0n) is 16.8. The standard InChI is InChI=1S/C21H28N6O/c1-14-10-15(4-5-19(14)27(2)3)17-11-18-20(24-7-6-23-18)21(26-17)25-13-16-12-22-8-9-28-16/h4-7,11,14,16,22H,8-10,12-13H2,1-3H3,(H,25,26)/t14?,16-/m0/s1. The van der Waals surface area contributed by atoms with Crippen LogP contribution in [0.15, 0.2) is 36.3 Å². The predicted molar refractivity (Wildman–Crippen MR) is 112 cm³/mol. The van der Waals surface area contributed by atoms with E-state index < -0.39 is 0 Å². The summed E-state index contributed by atoms with van der Waals surface area (Å²) in [5.41, 5.74) is 5.17. The number of nitrogens with one attached hydrogen (secondary N) is 2. The van der Waals surface area contributed by atoms with Crippen molar-refractivity contribution in [1.82, 2.24) is 25.2 Å². The smallest absolute Gasteiger partial charge is 0.154 e. The van der Waals surface area contributed by atoms with Gasteiger partial charge in [0.25, 0.3) is 0 Å². The fourth-order valence-electron chi connectivity index (χ4n) is 3.85. The summed E-state index contributed by atoms with van der Waals surface area (Å²) in [7, 11) is 4.19. The van der Waals surface area contributed by atoms with Crippen molar-refractivity contribution in [3.05, 3.63) is 42.0 Å². The Morgan fingerprint density at radius 2 is 2.11 bits per heavy atom. The van der Waals surface area contributed by atoms with Crippen molar-refractivity contribution in [2.45, 2.75) is 19.4 Å². The lowest BCUT2D eigenvalue weighted by Gasteiger charge is -2.27. The minimum absolute atomic E-state index is 0.130. The van der Waals surface area contributed by atoms with Gasteiger partial charge >= 0.3 is 0 Å². The van der Waals surface area contributed by atoms with Crippen molar-refractivity contribution in [2.75, 3.05) is 45.7 Å².